The smallest absolute Gasteiger partial charge is 0.243 e. The quantitative estimate of drug-likeness (QED) is 0.567. The summed E-state index contributed by atoms with van der Waals surface area (Å²) in [7, 11) is 0. The number of para-hydroxylation sites is 2. The zero-order valence-corrected chi connectivity index (χ0v) is 16.7. The van der Waals surface area contributed by atoms with E-state index in [1.807, 2.05) is 67.9 Å². The molecule has 0 spiro atoms. The molecule has 6 nitrogen and oxygen atoms in total. The molecular formula is C21H20ClN5O. The van der Waals surface area contributed by atoms with Gasteiger partial charge in [0.1, 0.15) is 6.33 Å². The summed E-state index contributed by atoms with van der Waals surface area (Å²) in [6, 6.07) is 13.5. The molecule has 28 heavy (non-hydrogen) atoms. The molecule has 0 fully saturated rings. The number of carbonyl (C=O) groups is 1. The first kappa shape index (κ1) is 18.3. The number of nitrogens with one attached hydrogen (secondary N) is 1. The van der Waals surface area contributed by atoms with Crippen molar-refractivity contribution in [2.24, 2.45) is 0 Å². The number of amides is 1. The van der Waals surface area contributed by atoms with Gasteiger partial charge in [0.15, 0.2) is 0 Å². The van der Waals surface area contributed by atoms with Crippen molar-refractivity contribution >= 4 is 28.5 Å². The van der Waals surface area contributed by atoms with Crippen LogP contribution in [0.1, 0.15) is 22.5 Å². The fourth-order valence-electron chi connectivity index (χ4n) is 3.28. The van der Waals surface area contributed by atoms with Crippen LogP contribution in [-0.4, -0.2) is 25.3 Å². The molecule has 142 valence electrons. The molecule has 4 aromatic rings. The minimum Gasteiger partial charge on any atom is -0.273 e. The second kappa shape index (κ2) is 7.13. The molecule has 1 N–H and O–H groups in total. The van der Waals surface area contributed by atoms with E-state index in [1.165, 1.54) is 0 Å². The normalized spacial score (nSPS) is 11.1. The maximum Gasteiger partial charge on any atom is 0.243 e. The summed E-state index contributed by atoms with van der Waals surface area (Å²) in [5, 5.41) is 5.30. The summed E-state index contributed by atoms with van der Waals surface area (Å²) < 4.78 is 3.47. The number of hydrogen-bond donors (Lipinski definition) is 1. The van der Waals surface area contributed by atoms with Gasteiger partial charge in [0.25, 0.3) is 0 Å². The molecule has 2 aromatic carbocycles. The van der Waals surface area contributed by atoms with Gasteiger partial charge in [0.05, 0.1) is 28.8 Å². The van der Waals surface area contributed by atoms with E-state index in [9.17, 15) is 4.79 Å². The Morgan fingerprint density at radius 2 is 1.93 bits per heavy atom. The molecule has 1 amide bonds. The Balaban J connectivity index is 1.58. The van der Waals surface area contributed by atoms with Crippen LogP contribution >= 0.6 is 11.6 Å². The van der Waals surface area contributed by atoms with E-state index in [0.29, 0.717) is 5.02 Å². The minimum absolute atomic E-state index is 0.129. The van der Waals surface area contributed by atoms with Gasteiger partial charge in [-0.25, -0.2) is 14.3 Å². The Bertz CT molecular complexity index is 1190. The summed E-state index contributed by atoms with van der Waals surface area (Å²) in [5.74, 6) is -0.129. The predicted molar refractivity (Wildman–Crippen MR) is 111 cm³/mol. The second-order valence-electron chi connectivity index (χ2n) is 6.81. The number of imidazole rings is 1. The van der Waals surface area contributed by atoms with Crippen LogP contribution in [-0.2, 0) is 11.2 Å². The number of hydrogen-bond acceptors (Lipinski definition) is 3. The van der Waals surface area contributed by atoms with E-state index >= 15 is 0 Å². The number of aromatic nitrogens is 4. The van der Waals surface area contributed by atoms with Gasteiger partial charge in [0, 0.05) is 16.3 Å². The third-order valence-corrected chi connectivity index (χ3v) is 5.28. The number of halogens is 1. The molecule has 0 aliphatic carbocycles. The van der Waals surface area contributed by atoms with Gasteiger partial charge in [-0.3, -0.25) is 10.2 Å². The first-order chi connectivity index (χ1) is 13.4. The van der Waals surface area contributed by atoms with E-state index in [2.05, 4.69) is 15.5 Å². The third-order valence-electron chi connectivity index (χ3n) is 4.88. The summed E-state index contributed by atoms with van der Waals surface area (Å²) >= 11 is 6.26. The molecule has 2 heterocycles. The highest BCUT2D eigenvalue weighted by Gasteiger charge is 2.17. The fraction of sp³-hybridized carbons (Fsp3) is 0.190. The summed E-state index contributed by atoms with van der Waals surface area (Å²) in [6.45, 7) is 5.83. The average molecular weight is 394 g/mol. The van der Waals surface area contributed by atoms with Crippen molar-refractivity contribution in [1.29, 1.82) is 0 Å². The highest BCUT2D eigenvalue weighted by atomic mass is 35.5. The van der Waals surface area contributed by atoms with Gasteiger partial charge in [0.2, 0.25) is 5.91 Å². The number of aryl methyl sites for hydroxylation is 2. The van der Waals surface area contributed by atoms with Crippen LogP contribution in [0.25, 0.3) is 16.7 Å². The molecule has 7 heteroatoms. The monoisotopic (exact) mass is 393 g/mol. The maximum absolute atomic E-state index is 12.7. The number of benzene rings is 2. The van der Waals surface area contributed by atoms with Gasteiger partial charge < -0.3 is 0 Å². The zero-order valence-electron chi connectivity index (χ0n) is 15.9. The highest BCUT2D eigenvalue weighted by molar-refractivity contribution is 6.31. The Kier molecular flexibility index (Phi) is 4.65. The molecule has 0 aliphatic heterocycles. The van der Waals surface area contributed by atoms with Crippen LogP contribution in [0, 0.1) is 20.8 Å². The molecule has 0 radical (unpaired) electrons. The lowest BCUT2D eigenvalue weighted by Crippen LogP contribution is -2.24. The highest BCUT2D eigenvalue weighted by Crippen LogP contribution is 2.23. The fourth-order valence-corrected chi connectivity index (χ4v) is 3.45. The van der Waals surface area contributed by atoms with Crippen LogP contribution in [0.4, 0.5) is 0 Å². The number of rotatable bonds is 4. The molecule has 0 aliphatic rings. The first-order valence-electron chi connectivity index (χ1n) is 8.97. The van der Waals surface area contributed by atoms with E-state index < -0.39 is 0 Å². The van der Waals surface area contributed by atoms with Crippen LogP contribution in [0.5, 0.6) is 0 Å². The van der Waals surface area contributed by atoms with Crippen molar-refractivity contribution in [2.75, 3.05) is 5.43 Å². The van der Waals surface area contributed by atoms with Crippen LogP contribution in [0.2, 0.25) is 5.02 Å². The number of nitrogens with zero attached hydrogens (tertiary/aromatic N) is 4. The Morgan fingerprint density at radius 1 is 1.14 bits per heavy atom. The standard InChI is InChI=1S/C21H20ClN5O/c1-13-8-9-16(10-18(13)22)27-15(3)17(14(2)24-27)11-21(28)25-26-12-23-19-6-4-5-7-20(19)26/h4-10,12H,11H2,1-3H3,(H,25,28). The van der Waals surface area contributed by atoms with E-state index in [-0.39, 0.29) is 12.3 Å². The molecule has 0 saturated heterocycles. The number of fused-ring (bicyclic) bond motifs is 1. The molecular weight excluding hydrogens is 374 g/mol. The summed E-state index contributed by atoms with van der Waals surface area (Å²) in [6.07, 6.45) is 1.84. The van der Waals surface area contributed by atoms with Gasteiger partial charge >= 0.3 is 0 Å². The third kappa shape index (κ3) is 3.27. The van der Waals surface area contributed by atoms with Crippen LogP contribution < -0.4 is 5.43 Å². The maximum atomic E-state index is 12.7. The van der Waals surface area contributed by atoms with Gasteiger partial charge in [-0.2, -0.15) is 5.10 Å². The summed E-state index contributed by atoms with van der Waals surface area (Å²) in [4.78, 5) is 16.9. The molecule has 0 unspecified atom stereocenters. The zero-order chi connectivity index (χ0) is 19.8. The SMILES string of the molecule is Cc1ccc(-n2nc(C)c(CC(=O)Nn3cnc4ccccc43)c2C)cc1Cl. The lowest BCUT2D eigenvalue weighted by molar-refractivity contribution is -0.116. The van der Waals surface area contributed by atoms with Gasteiger partial charge in [-0.15, -0.1) is 0 Å². The van der Waals surface area contributed by atoms with E-state index in [1.54, 1.807) is 11.0 Å². The van der Waals surface area contributed by atoms with Crippen molar-refractivity contribution in [2.45, 2.75) is 27.2 Å². The van der Waals surface area contributed by atoms with Gasteiger partial charge in [-0.1, -0.05) is 29.8 Å². The van der Waals surface area contributed by atoms with Crippen molar-refractivity contribution in [1.82, 2.24) is 19.4 Å². The van der Waals surface area contributed by atoms with Crippen LogP contribution in [0.3, 0.4) is 0 Å². The molecule has 4 rings (SSSR count). The average Bonchev–Trinajstić information content (AvgIpc) is 3.20. The van der Waals surface area contributed by atoms with Crippen molar-refractivity contribution in [3.63, 3.8) is 0 Å². The van der Waals surface area contributed by atoms with Crippen molar-refractivity contribution in [3.05, 3.63) is 76.3 Å². The topological polar surface area (TPSA) is 64.7 Å². The molecule has 0 atom stereocenters. The lowest BCUT2D eigenvalue weighted by atomic mass is 10.1. The lowest BCUT2D eigenvalue weighted by Gasteiger charge is -2.09. The Morgan fingerprint density at radius 3 is 2.71 bits per heavy atom. The minimum atomic E-state index is -0.129. The molecule has 0 bridgehead atoms. The molecule has 0 saturated carbocycles. The predicted octanol–water partition coefficient (Wildman–Crippen LogP) is 4.11. The van der Waals surface area contributed by atoms with Crippen molar-refractivity contribution < 1.29 is 4.79 Å². The van der Waals surface area contributed by atoms with E-state index in [0.717, 1.165) is 39.2 Å². The Labute approximate surface area is 167 Å². The Hall–Kier alpha value is -3.12. The largest absolute Gasteiger partial charge is 0.273 e. The second-order valence-corrected chi connectivity index (χ2v) is 7.22. The van der Waals surface area contributed by atoms with Crippen molar-refractivity contribution in [3.8, 4) is 5.69 Å². The number of carbonyl (C=O) groups excluding carboxylic acids is 1. The summed E-state index contributed by atoms with van der Waals surface area (Å²) in [5.41, 5.74) is 9.11. The van der Waals surface area contributed by atoms with E-state index in [4.69, 9.17) is 11.6 Å². The van der Waals surface area contributed by atoms with Gasteiger partial charge in [-0.05, 0) is 50.6 Å². The first-order valence-corrected chi connectivity index (χ1v) is 9.35. The molecule has 2 aromatic heterocycles. The van der Waals surface area contributed by atoms with Crippen LogP contribution in [0.15, 0.2) is 48.8 Å².